The van der Waals surface area contributed by atoms with E-state index in [9.17, 15) is 32.7 Å². The Bertz CT molecular complexity index is 2170. The summed E-state index contributed by atoms with van der Waals surface area (Å²) >= 11 is 6.16. The molecule has 8 rings (SSSR count). The summed E-state index contributed by atoms with van der Waals surface area (Å²) in [5.41, 5.74) is 0.148. The zero-order valence-corrected chi connectivity index (χ0v) is 27.5. The molecule has 260 valence electrons. The highest BCUT2D eigenvalue weighted by Gasteiger charge is 2.68. The van der Waals surface area contributed by atoms with Gasteiger partial charge in [-0.2, -0.15) is 22.7 Å². The molecule has 3 aromatic heterocycles. The number of rotatable bonds is 5. The molecule has 1 saturated heterocycles. The molecule has 2 fully saturated rings. The number of nitrogens with zero attached hydrogens (tertiary/aromatic N) is 6. The maximum atomic E-state index is 14.5. The molecule has 4 aliphatic rings. The van der Waals surface area contributed by atoms with Crippen LogP contribution in [0.25, 0.3) is 11.4 Å². The molecule has 0 radical (unpaired) electrons. The lowest BCUT2D eigenvalue weighted by Crippen LogP contribution is -2.48. The van der Waals surface area contributed by atoms with Crippen molar-refractivity contribution in [2.75, 3.05) is 31.6 Å². The summed E-state index contributed by atoms with van der Waals surface area (Å²) < 4.78 is 48.1. The van der Waals surface area contributed by atoms with Crippen molar-refractivity contribution in [2.24, 2.45) is 11.8 Å². The van der Waals surface area contributed by atoms with E-state index in [1.165, 1.54) is 16.8 Å². The fourth-order valence-electron chi connectivity index (χ4n) is 8.33. The van der Waals surface area contributed by atoms with Crippen LogP contribution in [0, 0.1) is 11.8 Å². The molecule has 1 saturated carbocycles. The van der Waals surface area contributed by atoms with Gasteiger partial charge in [0, 0.05) is 41.9 Å². The van der Waals surface area contributed by atoms with Crippen LogP contribution in [0.2, 0.25) is 5.02 Å². The third kappa shape index (κ3) is 5.08. The number of hydrogen-bond donors (Lipinski definition) is 2. The van der Waals surface area contributed by atoms with Gasteiger partial charge in [0.1, 0.15) is 12.3 Å². The molecule has 1 aromatic carbocycles. The molecule has 2 amide bonds. The van der Waals surface area contributed by atoms with Crippen LogP contribution in [0.5, 0.6) is 5.75 Å². The maximum absolute atomic E-state index is 14.5. The number of amides is 2. The van der Waals surface area contributed by atoms with Gasteiger partial charge in [0.25, 0.3) is 11.5 Å². The lowest BCUT2D eigenvalue weighted by atomic mass is 9.70. The van der Waals surface area contributed by atoms with Crippen LogP contribution in [0.3, 0.4) is 0 Å². The van der Waals surface area contributed by atoms with Crippen molar-refractivity contribution in [1.82, 2.24) is 29.0 Å². The Morgan fingerprint density at radius 3 is 2.66 bits per heavy atom. The van der Waals surface area contributed by atoms with Crippen molar-refractivity contribution in [3.05, 3.63) is 86.3 Å². The van der Waals surface area contributed by atoms with Crippen molar-refractivity contribution in [3.8, 4) is 5.75 Å². The first-order valence-corrected chi connectivity index (χ1v) is 16.7. The molecule has 2 aliphatic heterocycles. The molecule has 4 aromatic rings. The van der Waals surface area contributed by atoms with Gasteiger partial charge in [0.05, 0.1) is 29.5 Å². The number of carbonyl (C=O) groups is 2. The zero-order valence-electron chi connectivity index (χ0n) is 26.7. The number of piperidine rings is 1. The molecule has 12 nitrogen and oxygen atoms in total. The highest BCUT2D eigenvalue weighted by molar-refractivity contribution is 6.33. The van der Waals surface area contributed by atoms with Crippen molar-refractivity contribution in [1.29, 1.82) is 0 Å². The molecule has 50 heavy (non-hydrogen) atoms. The van der Waals surface area contributed by atoms with Crippen molar-refractivity contribution in [3.63, 3.8) is 0 Å². The highest BCUT2D eigenvalue weighted by Crippen LogP contribution is 2.71. The number of pyridine rings is 1. The number of nitrogens with one attached hydrogen (secondary N) is 1. The maximum Gasteiger partial charge on any atom is 0.416 e. The zero-order chi connectivity index (χ0) is 35.1. The third-order valence-corrected chi connectivity index (χ3v) is 11.0. The average molecular weight is 710 g/mol. The number of alkyl halides is 3. The minimum atomic E-state index is -4.60. The van der Waals surface area contributed by atoms with E-state index in [1.54, 1.807) is 15.5 Å². The molecule has 0 bridgehead atoms. The molecular formula is C34H31ClF3N7O5. The predicted molar refractivity (Wildman–Crippen MR) is 174 cm³/mol. The first-order chi connectivity index (χ1) is 23.9. The molecule has 0 unspecified atom stereocenters. The van der Waals surface area contributed by atoms with E-state index in [4.69, 9.17) is 21.3 Å². The van der Waals surface area contributed by atoms with E-state index >= 15 is 0 Å². The summed E-state index contributed by atoms with van der Waals surface area (Å²) in [4.78, 5) is 51.9. The van der Waals surface area contributed by atoms with Gasteiger partial charge in [0.15, 0.2) is 11.5 Å². The van der Waals surface area contributed by atoms with Gasteiger partial charge in [-0.05, 0) is 67.0 Å². The molecule has 2 N–H and O–H groups in total. The fourth-order valence-corrected chi connectivity index (χ4v) is 8.56. The van der Waals surface area contributed by atoms with E-state index in [1.807, 2.05) is 6.08 Å². The Hall–Kier alpha value is -4.76. The second-order valence-electron chi connectivity index (χ2n) is 13.3. The van der Waals surface area contributed by atoms with E-state index in [0.717, 1.165) is 23.8 Å². The third-order valence-electron chi connectivity index (χ3n) is 10.7. The van der Waals surface area contributed by atoms with E-state index in [0.29, 0.717) is 62.6 Å². The average Bonchev–Trinajstić information content (AvgIpc) is 3.42. The lowest BCUT2D eigenvalue weighted by Gasteiger charge is -2.41. The summed E-state index contributed by atoms with van der Waals surface area (Å²) in [5.74, 6) is -0.460. The summed E-state index contributed by atoms with van der Waals surface area (Å²) in [5, 5.41) is 17.2. The molecule has 5 heterocycles. The van der Waals surface area contributed by atoms with Crippen molar-refractivity contribution < 1.29 is 32.6 Å². The fraction of sp³-hybridized carbons (Fsp3) is 0.412. The normalized spacial score (nSPS) is 22.3. The Kier molecular flexibility index (Phi) is 7.56. The number of carbonyl (C=O) groups excluding carboxylic acids is 2. The second kappa shape index (κ2) is 11.7. The van der Waals surface area contributed by atoms with Crippen LogP contribution in [0.4, 0.5) is 18.9 Å². The van der Waals surface area contributed by atoms with Crippen LogP contribution < -0.4 is 10.9 Å². The Morgan fingerprint density at radius 1 is 1.20 bits per heavy atom. The van der Waals surface area contributed by atoms with Gasteiger partial charge in [0.2, 0.25) is 11.7 Å². The summed E-state index contributed by atoms with van der Waals surface area (Å²) in [6.45, 7) is 3.28. The number of aromatic hydroxyl groups is 1. The number of ether oxygens (including phenoxy) is 1. The summed E-state index contributed by atoms with van der Waals surface area (Å²) in [6.07, 6.45) is 0.189. The van der Waals surface area contributed by atoms with Gasteiger partial charge in [-0.15, -0.1) is 5.10 Å². The van der Waals surface area contributed by atoms with Gasteiger partial charge >= 0.3 is 6.18 Å². The summed E-state index contributed by atoms with van der Waals surface area (Å²) in [6, 6.07) is 5.66. The van der Waals surface area contributed by atoms with Gasteiger partial charge in [-0.1, -0.05) is 24.6 Å². The standard InChI is InChI=1S/C34H31ClF3N7O5/c1-17-24-25(17)33(8-11-43(12-9-33)31(49)27-22(46)3-2-10-39-27)26-28(24)44(16-23(47)40-21-5-4-19(15-20(21)35)34(36,37)38)32-41-29(42-45(32)30(26)48)18-6-13-50-14-7-18/h2-6,10,15,17,24-25,46H,7-9,11-14,16H2,1H3,(H,40,47)/t17-,24+,25-/m0/s1. The van der Waals surface area contributed by atoms with Gasteiger partial charge in [-0.25, -0.2) is 4.98 Å². The minimum absolute atomic E-state index is 0.0120. The van der Waals surface area contributed by atoms with E-state index in [-0.39, 0.29) is 57.8 Å². The first-order valence-electron chi connectivity index (χ1n) is 16.3. The monoisotopic (exact) mass is 709 g/mol. The summed E-state index contributed by atoms with van der Waals surface area (Å²) in [7, 11) is 0. The number of halogens is 4. The Balaban J connectivity index is 1.19. The van der Waals surface area contributed by atoms with Crippen LogP contribution in [0.15, 0.2) is 47.4 Å². The number of fused-ring (bicyclic) bond motifs is 6. The van der Waals surface area contributed by atoms with Crippen LogP contribution in [-0.4, -0.2) is 72.3 Å². The SMILES string of the molecule is C[C@H]1[C@H]2c3c(c(=O)n4nc(C5=CCOCC5)nc4n3CC(=O)Nc3ccc(C(F)(F)F)cc3Cl)C3(CCN(C(=O)c4ncccc4O)CC3)[C@@H]12. The van der Waals surface area contributed by atoms with Gasteiger partial charge < -0.3 is 24.6 Å². The van der Waals surface area contributed by atoms with E-state index in [2.05, 4.69) is 22.3 Å². The Labute approximate surface area is 287 Å². The minimum Gasteiger partial charge on any atom is -0.505 e. The van der Waals surface area contributed by atoms with Crippen molar-refractivity contribution >= 4 is 40.5 Å². The number of aromatic nitrogens is 5. The van der Waals surface area contributed by atoms with Crippen LogP contribution >= 0.6 is 11.6 Å². The molecule has 3 atom stereocenters. The van der Waals surface area contributed by atoms with Crippen molar-refractivity contribution in [2.45, 2.75) is 50.2 Å². The quantitative estimate of drug-likeness (QED) is 0.305. The topological polar surface area (TPSA) is 144 Å². The predicted octanol–water partition coefficient (Wildman–Crippen LogP) is 4.64. The number of likely N-dealkylation sites (tertiary alicyclic amines) is 1. The number of benzene rings is 1. The van der Waals surface area contributed by atoms with Crippen LogP contribution in [-0.2, 0) is 27.7 Å². The van der Waals surface area contributed by atoms with Crippen LogP contribution in [0.1, 0.15) is 65.2 Å². The second-order valence-corrected chi connectivity index (χ2v) is 13.7. The smallest absolute Gasteiger partial charge is 0.416 e. The molecular weight excluding hydrogens is 679 g/mol. The first kappa shape index (κ1) is 32.4. The highest BCUT2D eigenvalue weighted by atomic mass is 35.5. The molecule has 2 aliphatic carbocycles. The van der Waals surface area contributed by atoms with E-state index < -0.39 is 29.0 Å². The Morgan fingerprint density at radius 2 is 1.98 bits per heavy atom. The number of hydrogen-bond acceptors (Lipinski definition) is 8. The van der Waals surface area contributed by atoms with Gasteiger partial charge in [-0.3, -0.25) is 14.4 Å². The number of anilines is 1. The molecule has 1 spiro atoms. The largest absolute Gasteiger partial charge is 0.505 e. The lowest BCUT2D eigenvalue weighted by molar-refractivity contribution is -0.137. The molecule has 16 heteroatoms.